The summed E-state index contributed by atoms with van der Waals surface area (Å²) in [7, 11) is 0. The highest BCUT2D eigenvalue weighted by atomic mass is 32.2. The molecule has 1 aliphatic heterocycles. The summed E-state index contributed by atoms with van der Waals surface area (Å²) in [5.41, 5.74) is 0. The van der Waals surface area contributed by atoms with Crippen LogP contribution in [0.2, 0.25) is 0 Å². The predicted octanol–water partition coefficient (Wildman–Crippen LogP) is 0.501. The largest absolute Gasteiger partial charge is 0.356 e. The Morgan fingerprint density at radius 2 is 2.33 bits per heavy atom. The van der Waals surface area contributed by atoms with Crippen LogP contribution in [0.3, 0.4) is 0 Å². The van der Waals surface area contributed by atoms with Crippen molar-refractivity contribution in [1.29, 1.82) is 0 Å². The van der Waals surface area contributed by atoms with Gasteiger partial charge in [0.1, 0.15) is 0 Å². The molecule has 0 bridgehead atoms. The minimum atomic E-state index is -1.90. The third-order valence-electron chi connectivity index (χ3n) is 2.87. The Morgan fingerprint density at radius 3 is 2.87 bits per heavy atom. The van der Waals surface area contributed by atoms with Gasteiger partial charge in [0.15, 0.2) is 0 Å². The van der Waals surface area contributed by atoms with Crippen LogP contribution in [0, 0.1) is 0 Å². The highest BCUT2D eigenvalue weighted by Gasteiger charge is 2.34. The molecule has 15 heavy (non-hydrogen) atoms. The molecule has 0 aromatic heterocycles. The molecular formula is C9H18N2O3S. The van der Waals surface area contributed by atoms with E-state index in [4.69, 9.17) is 4.55 Å². The van der Waals surface area contributed by atoms with E-state index in [1.165, 1.54) is 0 Å². The van der Waals surface area contributed by atoms with Crippen LogP contribution in [-0.2, 0) is 16.1 Å². The molecule has 1 saturated heterocycles. The van der Waals surface area contributed by atoms with E-state index < -0.39 is 11.3 Å². The number of carbonyl (C=O) groups is 1. The first-order valence-corrected chi connectivity index (χ1v) is 6.21. The third-order valence-corrected chi connectivity index (χ3v) is 3.89. The number of nitrogens with one attached hydrogen (secondary N) is 1. The van der Waals surface area contributed by atoms with E-state index in [9.17, 15) is 9.00 Å². The normalized spacial score (nSPS) is 31.1. The predicted molar refractivity (Wildman–Crippen MR) is 58.4 cm³/mol. The van der Waals surface area contributed by atoms with E-state index >= 15 is 0 Å². The van der Waals surface area contributed by atoms with Crippen LogP contribution in [0.25, 0.3) is 0 Å². The van der Waals surface area contributed by atoms with Gasteiger partial charge >= 0.3 is 0 Å². The molecule has 0 spiro atoms. The summed E-state index contributed by atoms with van der Waals surface area (Å²) >= 11 is -1.90. The maximum atomic E-state index is 11.1. The van der Waals surface area contributed by atoms with E-state index in [-0.39, 0.29) is 18.1 Å². The van der Waals surface area contributed by atoms with Crippen molar-refractivity contribution in [2.24, 2.45) is 0 Å². The van der Waals surface area contributed by atoms with Gasteiger partial charge in [-0.2, -0.15) is 4.31 Å². The number of rotatable bonds is 5. The standard InChI is InChI=1S/C9H18N2O3S/c1-7(10-6-12)5-9-4-3-8(2)11(9)15(13)14/h6-9H,3-5H2,1-2H3,(H,10,12)(H,13,14)/t7-,8?,9?/m0/s1. The van der Waals surface area contributed by atoms with Crippen molar-refractivity contribution in [3.63, 3.8) is 0 Å². The molecule has 1 heterocycles. The molecule has 1 rings (SSSR count). The zero-order valence-corrected chi connectivity index (χ0v) is 9.87. The van der Waals surface area contributed by atoms with Crippen molar-refractivity contribution in [2.45, 2.75) is 51.2 Å². The van der Waals surface area contributed by atoms with E-state index in [1.54, 1.807) is 4.31 Å². The Bertz CT molecular complexity index is 250. The molecular weight excluding hydrogens is 216 g/mol. The minimum absolute atomic E-state index is 0.0452. The summed E-state index contributed by atoms with van der Waals surface area (Å²) in [6.07, 6.45) is 3.24. The lowest BCUT2D eigenvalue weighted by atomic mass is 10.1. The van der Waals surface area contributed by atoms with Gasteiger partial charge in [0.2, 0.25) is 17.7 Å². The first kappa shape index (κ1) is 12.6. The molecule has 5 nitrogen and oxygen atoms in total. The van der Waals surface area contributed by atoms with E-state index in [1.807, 2.05) is 13.8 Å². The quantitative estimate of drug-likeness (QED) is 0.537. The smallest absolute Gasteiger partial charge is 0.235 e. The highest BCUT2D eigenvalue weighted by molar-refractivity contribution is 7.76. The van der Waals surface area contributed by atoms with Gasteiger partial charge in [-0.15, -0.1) is 0 Å². The molecule has 0 aromatic carbocycles. The number of carbonyl (C=O) groups excluding carboxylic acids is 1. The second-order valence-electron chi connectivity index (χ2n) is 4.09. The molecule has 1 amide bonds. The number of amides is 1. The van der Waals surface area contributed by atoms with Crippen molar-refractivity contribution >= 4 is 17.7 Å². The molecule has 0 radical (unpaired) electrons. The second kappa shape index (κ2) is 5.58. The average molecular weight is 234 g/mol. The summed E-state index contributed by atoms with van der Waals surface area (Å²) in [6.45, 7) is 3.85. The van der Waals surface area contributed by atoms with Gasteiger partial charge < -0.3 is 5.32 Å². The van der Waals surface area contributed by atoms with Crippen LogP contribution in [-0.4, -0.2) is 37.6 Å². The fraction of sp³-hybridized carbons (Fsp3) is 0.889. The number of hydrogen-bond donors (Lipinski definition) is 2. The Labute approximate surface area is 92.6 Å². The molecule has 4 atom stereocenters. The monoisotopic (exact) mass is 234 g/mol. The Kier molecular flexibility index (Phi) is 4.69. The molecule has 2 N–H and O–H groups in total. The van der Waals surface area contributed by atoms with Crippen LogP contribution in [0.5, 0.6) is 0 Å². The summed E-state index contributed by atoms with van der Waals surface area (Å²) in [6, 6.07) is 0.279. The first-order valence-electron chi connectivity index (χ1n) is 5.15. The Morgan fingerprint density at radius 1 is 1.67 bits per heavy atom. The van der Waals surface area contributed by atoms with Crippen molar-refractivity contribution in [1.82, 2.24) is 9.62 Å². The van der Waals surface area contributed by atoms with Crippen molar-refractivity contribution < 1.29 is 13.6 Å². The summed E-state index contributed by atoms with van der Waals surface area (Å²) in [5, 5.41) is 2.66. The number of hydrogen-bond acceptors (Lipinski definition) is 2. The summed E-state index contributed by atoms with van der Waals surface area (Å²) < 4.78 is 21.9. The minimum Gasteiger partial charge on any atom is -0.356 e. The number of nitrogens with zero attached hydrogens (tertiary/aromatic N) is 1. The van der Waals surface area contributed by atoms with Crippen LogP contribution in [0.15, 0.2) is 0 Å². The van der Waals surface area contributed by atoms with Gasteiger partial charge in [-0.3, -0.25) is 9.35 Å². The van der Waals surface area contributed by atoms with Crippen LogP contribution < -0.4 is 5.32 Å². The molecule has 0 aliphatic carbocycles. The zero-order chi connectivity index (χ0) is 11.4. The molecule has 88 valence electrons. The topological polar surface area (TPSA) is 69.6 Å². The maximum absolute atomic E-state index is 11.1. The van der Waals surface area contributed by atoms with Crippen LogP contribution >= 0.6 is 0 Å². The fourth-order valence-corrected chi connectivity index (χ4v) is 3.00. The molecule has 0 aromatic rings. The van der Waals surface area contributed by atoms with Crippen molar-refractivity contribution in [3.05, 3.63) is 0 Å². The molecule has 1 fully saturated rings. The second-order valence-corrected chi connectivity index (χ2v) is 4.98. The van der Waals surface area contributed by atoms with Gasteiger partial charge in [0.05, 0.1) is 0 Å². The van der Waals surface area contributed by atoms with Gasteiger partial charge in [0.25, 0.3) is 0 Å². The van der Waals surface area contributed by atoms with Gasteiger partial charge in [-0.05, 0) is 33.1 Å². The lowest BCUT2D eigenvalue weighted by Gasteiger charge is -2.25. The van der Waals surface area contributed by atoms with E-state index in [2.05, 4.69) is 5.32 Å². The molecule has 3 unspecified atom stereocenters. The van der Waals surface area contributed by atoms with Crippen LogP contribution in [0.4, 0.5) is 0 Å². The summed E-state index contributed by atoms with van der Waals surface area (Å²) in [5.74, 6) is 0. The van der Waals surface area contributed by atoms with E-state index in [0.717, 1.165) is 19.3 Å². The van der Waals surface area contributed by atoms with Crippen LogP contribution in [0.1, 0.15) is 33.1 Å². The van der Waals surface area contributed by atoms with Gasteiger partial charge in [0, 0.05) is 18.1 Å². The van der Waals surface area contributed by atoms with E-state index in [0.29, 0.717) is 6.41 Å². The lowest BCUT2D eigenvalue weighted by molar-refractivity contribution is -0.110. The summed E-state index contributed by atoms with van der Waals surface area (Å²) in [4.78, 5) is 10.2. The first-order chi connectivity index (χ1) is 7.06. The fourth-order valence-electron chi connectivity index (χ4n) is 2.14. The highest BCUT2D eigenvalue weighted by Crippen LogP contribution is 2.27. The van der Waals surface area contributed by atoms with Crippen molar-refractivity contribution in [2.75, 3.05) is 0 Å². The molecule has 0 saturated carbocycles. The Hall–Kier alpha value is -0.460. The van der Waals surface area contributed by atoms with Gasteiger partial charge in [-0.25, -0.2) is 4.21 Å². The Balaban J connectivity index is 2.53. The average Bonchev–Trinajstić information content (AvgIpc) is 2.47. The zero-order valence-electron chi connectivity index (χ0n) is 9.05. The van der Waals surface area contributed by atoms with Crippen molar-refractivity contribution in [3.8, 4) is 0 Å². The lowest BCUT2D eigenvalue weighted by Crippen LogP contribution is -2.39. The maximum Gasteiger partial charge on any atom is 0.235 e. The molecule has 6 heteroatoms. The third kappa shape index (κ3) is 3.25. The SMILES string of the molecule is CC1CCC(C[C@H](C)NC=O)N1S(=O)O. The van der Waals surface area contributed by atoms with Gasteiger partial charge in [-0.1, -0.05) is 0 Å². The molecule has 1 aliphatic rings.